The first kappa shape index (κ1) is 25.1. The number of hydrogen-bond acceptors (Lipinski definition) is 8. The number of rotatable bonds is 7. The Morgan fingerprint density at radius 3 is 2.54 bits per heavy atom. The van der Waals surface area contributed by atoms with Gasteiger partial charge in [-0.15, -0.1) is 0 Å². The van der Waals surface area contributed by atoms with Crippen molar-refractivity contribution in [3.05, 3.63) is 47.3 Å². The summed E-state index contributed by atoms with van der Waals surface area (Å²) in [6, 6.07) is 4.00. The van der Waals surface area contributed by atoms with Crippen molar-refractivity contribution >= 4 is 39.3 Å². The van der Waals surface area contributed by atoms with Crippen LogP contribution >= 0.6 is 0 Å². The molecule has 5 rings (SSSR count). The molecule has 0 spiro atoms. The van der Waals surface area contributed by atoms with Gasteiger partial charge in [-0.2, -0.15) is 5.10 Å². The lowest BCUT2D eigenvalue weighted by molar-refractivity contribution is -0.136. The Balaban J connectivity index is 1.26. The molecule has 13 heteroatoms. The Hall–Kier alpha value is -3.58. The van der Waals surface area contributed by atoms with Crippen molar-refractivity contribution in [2.24, 2.45) is 0 Å². The van der Waals surface area contributed by atoms with Crippen LogP contribution in [0.5, 0.6) is 0 Å². The highest BCUT2D eigenvalue weighted by atomic mass is 32.2. The minimum atomic E-state index is -3.19. The van der Waals surface area contributed by atoms with E-state index in [0.29, 0.717) is 38.2 Å². The molecule has 1 aromatic carbocycles. The minimum Gasteiger partial charge on any atom is -0.380 e. The van der Waals surface area contributed by atoms with Crippen molar-refractivity contribution in [3.8, 4) is 0 Å². The fourth-order valence-electron chi connectivity index (χ4n) is 5.10. The molecule has 2 N–H and O–H groups in total. The summed E-state index contributed by atoms with van der Waals surface area (Å²) in [7, 11) is -3.19. The normalized spacial score (nSPS) is 21.3. The topological polar surface area (TPSA) is 151 Å². The van der Waals surface area contributed by atoms with Crippen LogP contribution < -0.4 is 10.6 Å². The molecule has 3 aliphatic heterocycles. The quantitative estimate of drug-likeness (QED) is 0.503. The van der Waals surface area contributed by atoms with E-state index in [0.717, 1.165) is 10.5 Å². The van der Waals surface area contributed by atoms with Crippen LogP contribution in [-0.2, 0) is 26.2 Å². The van der Waals surface area contributed by atoms with Gasteiger partial charge in [0.15, 0.2) is 0 Å². The number of imide groups is 2. The van der Waals surface area contributed by atoms with Gasteiger partial charge in [-0.3, -0.25) is 34.1 Å². The zero-order chi connectivity index (χ0) is 26.3. The fraction of sp³-hybridized carbons (Fsp3) is 0.458. The molecule has 4 amide bonds. The zero-order valence-electron chi connectivity index (χ0n) is 20.3. The number of amides is 4. The fourth-order valence-corrected chi connectivity index (χ4v) is 6.23. The molecule has 37 heavy (non-hydrogen) atoms. The number of carbonyl (C=O) groups is 4. The molecule has 2 fully saturated rings. The molecular weight excluding hydrogens is 500 g/mol. The van der Waals surface area contributed by atoms with Gasteiger partial charge in [0.2, 0.25) is 21.8 Å². The molecule has 0 radical (unpaired) electrons. The van der Waals surface area contributed by atoms with Gasteiger partial charge in [-0.1, -0.05) is 6.07 Å². The van der Waals surface area contributed by atoms with E-state index in [9.17, 15) is 27.6 Å². The van der Waals surface area contributed by atoms with Crippen LogP contribution in [0.4, 0.5) is 5.69 Å². The average molecular weight is 529 g/mol. The first-order chi connectivity index (χ1) is 17.7. The molecule has 0 bridgehead atoms. The van der Waals surface area contributed by atoms with Crippen molar-refractivity contribution in [1.82, 2.24) is 24.3 Å². The van der Waals surface area contributed by atoms with Crippen molar-refractivity contribution < 1.29 is 27.6 Å². The predicted octanol–water partition coefficient (Wildman–Crippen LogP) is 0.883. The summed E-state index contributed by atoms with van der Waals surface area (Å²) in [6.45, 7) is 2.92. The molecule has 4 heterocycles. The van der Waals surface area contributed by atoms with E-state index in [1.165, 1.54) is 4.31 Å². The molecule has 1 aromatic heterocycles. The third-order valence-corrected chi connectivity index (χ3v) is 9.04. The molecule has 3 aliphatic rings. The number of benzene rings is 1. The zero-order valence-corrected chi connectivity index (χ0v) is 21.2. The summed E-state index contributed by atoms with van der Waals surface area (Å²) in [6.07, 6.45) is 5.12. The van der Waals surface area contributed by atoms with Crippen LogP contribution in [0.2, 0.25) is 0 Å². The molecule has 1 unspecified atom stereocenters. The van der Waals surface area contributed by atoms with Crippen LogP contribution in [0.25, 0.3) is 0 Å². The molecule has 0 saturated carbocycles. The van der Waals surface area contributed by atoms with Crippen molar-refractivity contribution in [2.45, 2.75) is 51.2 Å². The van der Waals surface area contributed by atoms with E-state index in [4.69, 9.17) is 0 Å². The van der Waals surface area contributed by atoms with E-state index in [1.54, 1.807) is 31.3 Å². The van der Waals surface area contributed by atoms with Gasteiger partial charge in [0.05, 0.1) is 29.1 Å². The van der Waals surface area contributed by atoms with Gasteiger partial charge in [0.25, 0.3) is 11.8 Å². The number of nitrogens with one attached hydrogen (secondary N) is 2. The SMILES string of the molecule is CCS(=O)(=O)N1CCC(n2cc(CNc3cccc4c3C(=O)N(C3CCC(=O)NC3=O)C4=O)cn2)CC1. The van der Waals surface area contributed by atoms with Crippen LogP contribution in [0.1, 0.15) is 64.9 Å². The smallest absolute Gasteiger partial charge is 0.264 e. The number of hydrogen-bond donors (Lipinski definition) is 2. The standard InChI is InChI=1S/C24H28N6O6S/c1-2-37(35,36)28-10-8-16(9-11-28)29-14-15(13-26-29)12-25-18-5-3-4-17-21(18)24(34)30(23(17)33)19-6-7-20(31)27-22(19)32/h3-5,13-14,16,19,25H,2,6-12H2,1H3,(H,27,31,32). The van der Waals surface area contributed by atoms with Crippen LogP contribution in [0, 0.1) is 0 Å². The number of nitrogens with zero attached hydrogens (tertiary/aromatic N) is 4. The van der Waals surface area contributed by atoms with Crippen molar-refractivity contribution in [2.75, 3.05) is 24.2 Å². The summed E-state index contributed by atoms with van der Waals surface area (Å²) < 4.78 is 27.6. The first-order valence-corrected chi connectivity index (χ1v) is 13.9. The molecule has 1 atom stereocenters. The maximum absolute atomic E-state index is 13.2. The summed E-state index contributed by atoms with van der Waals surface area (Å²) in [5.41, 5.74) is 1.75. The van der Waals surface area contributed by atoms with Gasteiger partial charge in [-0.05, 0) is 38.3 Å². The lowest BCUT2D eigenvalue weighted by Crippen LogP contribution is -2.54. The Morgan fingerprint density at radius 2 is 1.84 bits per heavy atom. The summed E-state index contributed by atoms with van der Waals surface area (Å²) in [5.74, 6) is -2.09. The number of aromatic nitrogens is 2. The minimum absolute atomic E-state index is 0.0619. The van der Waals surface area contributed by atoms with Gasteiger partial charge in [0, 0.05) is 43.5 Å². The average Bonchev–Trinajstić information content (AvgIpc) is 3.46. The van der Waals surface area contributed by atoms with Crippen molar-refractivity contribution in [3.63, 3.8) is 0 Å². The highest BCUT2D eigenvalue weighted by Crippen LogP contribution is 2.32. The summed E-state index contributed by atoms with van der Waals surface area (Å²) in [5, 5.41) is 9.86. The van der Waals surface area contributed by atoms with Crippen LogP contribution in [0.3, 0.4) is 0 Å². The van der Waals surface area contributed by atoms with E-state index >= 15 is 0 Å². The van der Waals surface area contributed by atoms with E-state index in [1.807, 2.05) is 10.9 Å². The van der Waals surface area contributed by atoms with Gasteiger partial charge < -0.3 is 5.32 Å². The monoisotopic (exact) mass is 528 g/mol. The lowest BCUT2D eigenvalue weighted by atomic mass is 10.0. The Kier molecular flexibility index (Phi) is 6.58. The number of fused-ring (bicyclic) bond motifs is 1. The van der Waals surface area contributed by atoms with Gasteiger partial charge in [-0.25, -0.2) is 12.7 Å². The third-order valence-electron chi connectivity index (χ3n) is 7.16. The second-order valence-corrected chi connectivity index (χ2v) is 11.6. The highest BCUT2D eigenvalue weighted by Gasteiger charge is 2.45. The predicted molar refractivity (Wildman–Crippen MR) is 132 cm³/mol. The van der Waals surface area contributed by atoms with Gasteiger partial charge in [0.1, 0.15) is 6.04 Å². The molecule has 2 saturated heterocycles. The maximum Gasteiger partial charge on any atom is 0.264 e. The molecule has 2 aromatic rings. The number of piperidine rings is 2. The highest BCUT2D eigenvalue weighted by molar-refractivity contribution is 7.89. The lowest BCUT2D eigenvalue weighted by Gasteiger charge is -2.31. The molecule has 0 aliphatic carbocycles. The largest absolute Gasteiger partial charge is 0.380 e. The number of anilines is 1. The summed E-state index contributed by atoms with van der Waals surface area (Å²) >= 11 is 0. The van der Waals surface area contributed by atoms with Gasteiger partial charge >= 0.3 is 0 Å². The van der Waals surface area contributed by atoms with E-state index in [2.05, 4.69) is 15.7 Å². The van der Waals surface area contributed by atoms with E-state index < -0.39 is 39.7 Å². The van der Waals surface area contributed by atoms with E-state index in [-0.39, 0.29) is 35.8 Å². The molecular formula is C24H28N6O6S. The Bertz CT molecular complexity index is 1380. The first-order valence-electron chi connectivity index (χ1n) is 12.3. The maximum atomic E-state index is 13.2. The van der Waals surface area contributed by atoms with Crippen LogP contribution in [0.15, 0.2) is 30.6 Å². The van der Waals surface area contributed by atoms with Crippen molar-refractivity contribution in [1.29, 1.82) is 0 Å². The third kappa shape index (κ3) is 4.64. The summed E-state index contributed by atoms with van der Waals surface area (Å²) in [4.78, 5) is 51.0. The number of carbonyl (C=O) groups excluding carboxylic acids is 4. The molecule has 196 valence electrons. The molecule has 12 nitrogen and oxygen atoms in total. The Labute approximate surface area is 214 Å². The number of sulfonamides is 1. The second-order valence-electron chi connectivity index (χ2n) is 9.39. The van der Waals surface area contributed by atoms with Crippen LogP contribution in [-0.4, -0.2) is 75.9 Å². The Morgan fingerprint density at radius 1 is 1.08 bits per heavy atom. The second kappa shape index (κ2) is 9.71.